The van der Waals surface area contributed by atoms with Gasteiger partial charge >= 0.3 is 0 Å². The van der Waals surface area contributed by atoms with Gasteiger partial charge < -0.3 is 0 Å². The Bertz CT molecular complexity index is 528. The van der Waals surface area contributed by atoms with Crippen LogP contribution in [0.2, 0.25) is 0 Å². The van der Waals surface area contributed by atoms with E-state index >= 15 is 0 Å². The van der Waals surface area contributed by atoms with E-state index in [0.717, 1.165) is 18.4 Å². The third-order valence-electron chi connectivity index (χ3n) is 3.29. The molecule has 0 aliphatic heterocycles. The van der Waals surface area contributed by atoms with Crippen LogP contribution in [0.25, 0.3) is 5.57 Å². The molecule has 1 aromatic carbocycles. The van der Waals surface area contributed by atoms with Crippen LogP contribution in [-0.2, 0) is 4.79 Å². The molecule has 0 bridgehead atoms. The summed E-state index contributed by atoms with van der Waals surface area (Å²) in [5.74, 6) is 5.00. The van der Waals surface area contributed by atoms with E-state index < -0.39 is 0 Å². The van der Waals surface area contributed by atoms with E-state index in [2.05, 4.69) is 17.6 Å². The van der Waals surface area contributed by atoms with Crippen LogP contribution in [0.4, 0.5) is 0 Å². The summed E-state index contributed by atoms with van der Waals surface area (Å²) in [5, 5.41) is 8.87. The number of carbonyl (C=O) groups excluding carboxylic acids is 1. The Hall–Kier alpha value is -2.12. The number of hydrazine groups is 1. The number of rotatable bonds is 2. The number of nitriles is 1. The fourth-order valence-corrected chi connectivity index (χ4v) is 2.24. The van der Waals surface area contributed by atoms with Crippen LogP contribution in [0.5, 0.6) is 0 Å². The summed E-state index contributed by atoms with van der Waals surface area (Å²) in [5.41, 5.74) is 5.13. The van der Waals surface area contributed by atoms with Crippen LogP contribution in [0.1, 0.15) is 30.4 Å². The minimum absolute atomic E-state index is 0.0297. The summed E-state index contributed by atoms with van der Waals surface area (Å²) in [6.45, 7) is 0. The van der Waals surface area contributed by atoms with Gasteiger partial charge in [0.15, 0.2) is 0 Å². The highest BCUT2D eigenvalue weighted by Gasteiger charge is 2.21. The van der Waals surface area contributed by atoms with Gasteiger partial charge in [-0.1, -0.05) is 18.2 Å². The number of amides is 1. The van der Waals surface area contributed by atoms with E-state index in [1.54, 1.807) is 6.07 Å². The Morgan fingerprint density at radius 1 is 1.50 bits per heavy atom. The highest BCUT2D eigenvalue weighted by molar-refractivity contribution is 5.80. The standard InChI is InChI=1S/C14H15N3O/c15-9-10-2-1-3-13(8-10)11-4-6-12(7-5-11)14(18)17-16/h1-4,8,12H,5-7,16H2,(H,17,18). The first kappa shape index (κ1) is 12.3. The molecule has 0 fully saturated rings. The molecule has 4 nitrogen and oxygen atoms in total. The summed E-state index contributed by atoms with van der Waals surface area (Å²) in [4.78, 5) is 11.4. The van der Waals surface area contributed by atoms with Crippen LogP contribution < -0.4 is 11.3 Å². The first-order chi connectivity index (χ1) is 8.74. The first-order valence-electron chi connectivity index (χ1n) is 5.94. The highest BCUT2D eigenvalue weighted by atomic mass is 16.2. The summed E-state index contributed by atoms with van der Waals surface area (Å²) in [6, 6.07) is 9.69. The van der Waals surface area contributed by atoms with Gasteiger partial charge in [0, 0.05) is 5.92 Å². The predicted molar refractivity (Wildman–Crippen MR) is 68.8 cm³/mol. The summed E-state index contributed by atoms with van der Waals surface area (Å²) >= 11 is 0. The maximum atomic E-state index is 11.4. The van der Waals surface area contributed by atoms with Crippen molar-refractivity contribution in [2.75, 3.05) is 0 Å². The van der Waals surface area contributed by atoms with Gasteiger partial charge in [-0.15, -0.1) is 0 Å². The Labute approximate surface area is 106 Å². The van der Waals surface area contributed by atoms with Gasteiger partial charge in [-0.05, 0) is 42.5 Å². The fraction of sp³-hybridized carbons (Fsp3) is 0.286. The van der Waals surface area contributed by atoms with Crippen molar-refractivity contribution >= 4 is 11.5 Å². The number of nitrogens with one attached hydrogen (secondary N) is 1. The molecule has 1 atom stereocenters. The quantitative estimate of drug-likeness (QED) is 0.470. The van der Waals surface area contributed by atoms with Crippen LogP contribution >= 0.6 is 0 Å². The zero-order valence-corrected chi connectivity index (χ0v) is 10.0. The highest BCUT2D eigenvalue weighted by Crippen LogP contribution is 2.30. The molecule has 92 valence electrons. The lowest BCUT2D eigenvalue weighted by Crippen LogP contribution is -2.36. The SMILES string of the molecule is N#Cc1cccc(C2=CCC(C(=O)NN)CC2)c1. The Kier molecular flexibility index (Phi) is 3.75. The molecule has 0 aromatic heterocycles. The number of nitrogens with two attached hydrogens (primary N) is 1. The smallest absolute Gasteiger partial charge is 0.237 e. The third-order valence-corrected chi connectivity index (χ3v) is 3.29. The second-order valence-electron chi connectivity index (χ2n) is 4.40. The van der Waals surface area contributed by atoms with Gasteiger partial charge in [-0.25, -0.2) is 5.84 Å². The molecule has 18 heavy (non-hydrogen) atoms. The molecule has 2 rings (SSSR count). The minimum atomic E-state index is -0.101. The lowest BCUT2D eigenvalue weighted by atomic mass is 9.86. The summed E-state index contributed by atoms with van der Waals surface area (Å²) < 4.78 is 0. The molecular weight excluding hydrogens is 226 g/mol. The van der Waals surface area contributed by atoms with Crippen molar-refractivity contribution in [3.8, 4) is 6.07 Å². The zero-order valence-electron chi connectivity index (χ0n) is 10.0. The summed E-state index contributed by atoms with van der Waals surface area (Å²) in [7, 11) is 0. The van der Waals surface area contributed by atoms with Crippen molar-refractivity contribution in [2.45, 2.75) is 19.3 Å². The van der Waals surface area contributed by atoms with E-state index in [1.165, 1.54) is 5.57 Å². The molecule has 0 spiro atoms. The number of allylic oxidation sites excluding steroid dienone is 2. The van der Waals surface area contributed by atoms with Crippen LogP contribution in [0.3, 0.4) is 0 Å². The van der Waals surface area contributed by atoms with Gasteiger partial charge in [0.25, 0.3) is 0 Å². The van der Waals surface area contributed by atoms with Crippen molar-refractivity contribution in [2.24, 2.45) is 11.8 Å². The molecular formula is C14H15N3O. The normalized spacial score (nSPS) is 18.7. The Morgan fingerprint density at radius 3 is 2.94 bits per heavy atom. The number of benzene rings is 1. The molecule has 0 heterocycles. The van der Waals surface area contributed by atoms with E-state index in [-0.39, 0.29) is 11.8 Å². The topological polar surface area (TPSA) is 78.9 Å². The third kappa shape index (κ3) is 2.58. The van der Waals surface area contributed by atoms with Crippen LogP contribution in [-0.4, -0.2) is 5.91 Å². The van der Waals surface area contributed by atoms with Gasteiger partial charge in [-0.3, -0.25) is 10.2 Å². The molecule has 0 saturated carbocycles. The largest absolute Gasteiger partial charge is 0.294 e. The molecule has 1 amide bonds. The Morgan fingerprint density at radius 2 is 2.33 bits per heavy atom. The van der Waals surface area contributed by atoms with Crippen LogP contribution in [0, 0.1) is 17.2 Å². The number of hydrogen-bond acceptors (Lipinski definition) is 3. The van der Waals surface area contributed by atoms with Crippen molar-refractivity contribution in [1.82, 2.24) is 5.43 Å². The van der Waals surface area contributed by atoms with Gasteiger partial charge in [0.2, 0.25) is 5.91 Å². The molecule has 4 heteroatoms. The van der Waals surface area contributed by atoms with Crippen molar-refractivity contribution in [3.05, 3.63) is 41.5 Å². The number of hydrogen-bond donors (Lipinski definition) is 2. The molecule has 0 saturated heterocycles. The molecule has 1 aliphatic carbocycles. The van der Waals surface area contributed by atoms with Gasteiger partial charge in [0.05, 0.1) is 11.6 Å². The molecule has 1 unspecified atom stereocenters. The second kappa shape index (κ2) is 5.48. The predicted octanol–water partition coefficient (Wildman–Crippen LogP) is 1.73. The molecule has 3 N–H and O–H groups in total. The minimum Gasteiger partial charge on any atom is -0.294 e. The molecule has 0 radical (unpaired) electrons. The Balaban J connectivity index is 2.14. The second-order valence-corrected chi connectivity index (χ2v) is 4.40. The fourth-order valence-electron chi connectivity index (χ4n) is 2.24. The van der Waals surface area contributed by atoms with Gasteiger partial charge in [-0.2, -0.15) is 5.26 Å². The lowest BCUT2D eigenvalue weighted by Gasteiger charge is -2.20. The van der Waals surface area contributed by atoms with Crippen LogP contribution in [0.15, 0.2) is 30.3 Å². The maximum Gasteiger partial charge on any atom is 0.237 e. The molecule has 1 aromatic rings. The monoisotopic (exact) mass is 241 g/mol. The van der Waals surface area contributed by atoms with E-state index in [9.17, 15) is 4.79 Å². The lowest BCUT2D eigenvalue weighted by molar-refractivity contribution is -0.125. The number of nitrogens with zero attached hydrogens (tertiary/aromatic N) is 1. The van der Waals surface area contributed by atoms with E-state index in [4.69, 9.17) is 11.1 Å². The van der Waals surface area contributed by atoms with Crippen molar-refractivity contribution in [1.29, 1.82) is 5.26 Å². The van der Waals surface area contributed by atoms with Crippen molar-refractivity contribution < 1.29 is 4.79 Å². The van der Waals surface area contributed by atoms with Crippen molar-refractivity contribution in [3.63, 3.8) is 0 Å². The average Bonchev–Trinajstić information content (AvgIpc) is 2.46. The molecule has 1 aliphatic rings. The van der Waals surface area contributed by atoms with E-state index in [1.807, 2.05) is 18.2 Å². The number of carbonyl (C=O) groups is 1. The van der Waals surface area contributed by atoms with E-state index in [0.29, 0.717) is 12.0 Å². The van der Waals surface area contributed by atoms with Gasteiger partial charge in [0.1, 0.15) is 0 Å². The zero-order chi connectivity index (χ0) is 13.0. The summed E-state index contributed by atoms with van der Waals surface area (Å²) in [6.07, 6.45) is 4.41. The average molecular weight is 241 g/mol. The first-order valence-corrected chi connectivity index (χ1v) is 5.94. The maximum absolute atomic E-state index is 11.4.